The molecule has 238 valence electrons. The number of aromatic hydroxyl groups is 1. The summed E-state index contributed by atoms with van der Waals surface area (Å²) in [6.45, 7) is 2.60. The number of aryl methyl sites for hydroxylation is 1. The first-order chi connectivity index (χ1) is 20.8. The SMILES string of the molecule is CCCCn1c(=O)c(C(=O)NC2CC3CCC(C2)N3C)c(O)c2ccccc21.O=C(O)/C=C/C(=O)O.O=C(O)/C=C/C(=O)O. The summed E-state index contributed by atoms with van der Waals surface area (Å²) in [6.07, 6.45) is 8.15. The van der Waals surface area contributed by atoms with Gasteiger partial charge < -0.3 is 40.3 Å². The van der Waals surface area contributed by atoms with E-state index in [1.54, 1.807) is 10.6 Å². The first kappa shape index (κ1) is 35.2. The Morgan fingerprint density at radius 3 is 1.80 bits per heavy atom. The second-order valence-electron chi connectivity index (χ2n) is 10.3. The molecule has 2 aliphatic rings. The quantitative estimate of drug-likeness (QED) is 0.224. The molecule has 1 aromatic heterocycles. The molecule has 2 aromatic rings. The van der Waals surface area contributed by atoms with Crippen molar-refractivity contribution in [2.45, 2.75) is 70.1 Å². The molecular weight excluding hydrogens is 578 g/mol. The van der Waals surface area contributed by atoms with E-state index in [1.165, 1.54) is 12.8 Å². The molecule has 2 atom stereocenters. The average molecular weight is 616 g/mol. The maximum atomic E-state index is 13.1. The highest BCUT2D eigenvalue weighted by Crippen LogP contribution is 2.34. The zero-order valence-electron chi connectivity index (χ0n) is 24.4. The van der Waals surface area contributed by atoms with Gasteiger partial charge in [-0.2, -0.15) is 0 Å². The number of nitrogens with one attached hydrogen (secondary N) is 1. The van der Waals surface area contributed by atoms with Gasteiger partial charge in [-0.3, -0.25) is 9.59 Å². The number of nitrogens with zero attached hydrogens (tertiary/aromatic N) is 2. The molecule has 1 amide bonds. The van der Waals surface area contributed by atoms with Crippen molar-refractivity contribution in [1.29, 1.82) is 0 Å². The number of aliphatic carboxylic acids is 4. The zero-order chi connectivity index (χ0) is 33.0. The third kappa shape index (κ3) is 10.1. The average Bonchev–Trinajstić information content (AvgIpc) is 3.15. The molecule has 3 heterocycles. The number of aromatic nitrogens is 1. The number of carboxylic acids is 4. The van der Waals surface area contributed by atoms with E-state index in [0.717, 1.165) is 25.7 Å². The maximum Gasteiger partial charge on any atom is 0.328 e. The van der Waals surface area contributed by atoms with E-state index in [0.29, 0.717) is 53.8 Å². The number of hydrogen-bond donors (Lipinski definition) is 6. The highest BCUT2D eigenvalue weighted by atomic mass is 16.4. The molecule has 2 saturated heterocycles. The van der Waals surface area contributed by atoms with E-state index in [4.69, 9.17) is 20.4 Å². The highest BCUT2D eigenvalue weighted by molar-refractivity contribution is 6.02. The predicted molar refractivity (Wildman–Crippen MR) is 159 cm³/mol. The lowest BCUT2D eigenvalue weighted by molar-refractivity contribution is -0.134. The second-order valence-corrected chi connectivity index (χ2v) is 10.3. The molecule has 2 fully saturated rings. The van der Waals surface area contributed by atoms with Crippen LogP contribution in [0.4, 0.5) is 0 Å². The first-order valence-corrected chi connectivity index (χ1v) is 13.9. The lowest BCUT2D eigenvalue weighted by Gasteiger charge is -2.36. The van der Waals surface area contributed by atoms with Crippen molar-refractivity contribution in [2.24, 2.45) is 0 Å². The number of amides is 1. The fourth-order valence-corrected chi connectivity index (χ4v) is 5.20. The van der Waals surface area contributed by atoms with Gasteiger partial charge in [-0.25, -0.2) is 19.2 Å². The van der Waals surface area contributed by atoms with Crippen LogP contribution in [0.2, 0.25) is 0 Å². The number of unbranched alkanes of at least 4 members (excludes halogenated alkanes) is 1. The van der Waals surface area contributed by atoms with Crippen molar-refractivity contribution in [2.75, 3.05) is 7.05 Å². The van der Waals surface area contributed by atoms with Crippen LogP contribution in [0, 0.1) is 0 Å². The summed E-state index contributed by atoms with van der Waals surface area (Å²) in [4.78, 5) is 66.8. The highest BCUT2D eigenvalue weighted by Gasteiger charge is 2.39. The number of para-hydroxylation sites is 1. The Morgan fingerprint density at radius 1 is 0.864 bits per heavy atom. The van der Waals surface area contributed by atoms with Gasteiger partial charge in [0.05, 0.1) is 5.52 Å². The predicted octanol–water partition coefficient (Wildman–Crippen LogP) is 2.29. The minimum absolute atomic E-state index is 0.0514. The largest absolute Gasteiger partial charge is 0.506 e. The summed E-state index contributed by atoms with van der Waals surface area (Å²) in [5.41, 5.74) is 0.145. The maximum absolute atomic E-state index is 13.1. The number of piperidine rings is 1. The van der Waals surface area contributed by atoms with Gasteiger partial charge in [-0.05, 0) is 51.3 Å². The van der Waals surface area contributed by atoms with Crippen molar-refractivity contribution in [3.8, 4) is 5.75 Å². The summed E-state index contributed by atoms with van der Waals surface area (Å²) in [5, 5.41) is 45.6. The van der Waals surface area contributed by atoms with Crippen molar-refractivity contribution < 1.29 is 49.5 Å². The molecule has 4 rings (SSSR count). The molecule has 1 aromatic carbocycles. The summed E-state index contributed by atoms with van der Waals surface area (Å²) < 4.78 is 1.63. The Morgan fingerprint density at radius 2 is 1.34 bits per heavy atom. The Hall–Kier alpha value is -4.98. The monoisotopic (exact) mass is 615 g/mol. The van der Waals surface area contributed by atoms with Gasteiger partial charge in [0.2, 0.25) is 0 Å². The molecule has 14 heteroatoms. The smallest absolute Gasteiger partial charge is 0.328 e. The zero-order valence-corrected chi connectivity index (χ0v) is 24.4. The van der Waals surface area contributed by atoms with E-state index in [1.807, 2.05) is 18.2 Å². The van der Waals surface area contributed by atoms with E-state index in [9.17, 15) is 33.9 Å². The normalized spacial score (nSPS) is 19.1. The van der Waals surface area contributed by atoms with Gasteiger partial charge in [0, 0.05) is 54.4 Å². The molecule has 2 bridgehead atoms. The second kappa shape index (κ2) is 16.6. The van der Waals surface area contributed by atoms with Crippen LogP contribution in [0.5, 0.6) is 5.75 Å². The standard InChI is InChI=1S/C22H29N3O3.2C4H4O4/c1-3-4-11-25-18-8-6-5-7-17(18)20(26)19(22(25)28)21(27)23-14-12-15-9-10-16(13-14)24(15)2;2*5-3(6)1-2-4(7)8/h5-8,14-16,26H,3-4,9-13H2,1-2H3,(H,23,27);2*1-2H,(H,5,6)(H,7,8)/b;2*2-1+. The van der Waals surface area contributed by atoms with Gasteiger partial charge in [0.15, 0.2) is 0 Å². The molecule has 44 heavy (non-hydrogen) atoms. The Labute approximate surface area is 252 Å². The molecule has 2 unspecified atom stereocenters. The first-order valence-electron chi connectivity index (χ1n) is 13.9. The molecule has 2 aliphatic heterocycles. The van der Waals surface area contributed by atoms with E-state index >= 15 is 0 Å². The summed E-state index contributed by atoms with van der Waals surface area (Å²) in [6, 6.07) is 8.29. The van der Waals surface area contributed by atoms with Crippen molar-refractivity contribution >= 4 is 40.7 Å². The summed E-state index contributed by atoms with van der Waals surface area (Å²) >= 11 is 0. The van der Waals surface area contributed by atoms with Gasteiger partial charge in [-0.15, -0.1) is 0 Å². The number of hydrogen-bond acceptors (Lipinski definition) is 8. The van der Waals surface area contributed by atoms with Crippen molar-refractivity contribution in [3.63, 3.8) is 0 Å². The van der Waals surface area contributed by atoms with Crippen LogP contribution in [0.1, 0.15) is 55.8 Å². The third-order valence-electron chi connectivity index (χ3n) is 7.28. The molecule has 0 saturated carbocycles. The number of carbonyl (C=O) groups excluding carboxylic acids is 1. The molecule has 14 nitrogen and oxygen atoms in total. The molecule has 0 aliphatic carbocycles. The summed E-state index contributed by atoms with van der Waals surface area (Å²) in [7, 11) is 2.15. The number of carboxylic acid groups (broad SMARTS) is 4. The van der Waals surface area contributed by atoms with E-state index in [2.05, 4.69) is 24.2 Å². The van der Waals surface area contributed by atoms with Crippen LogP contribution < -0.4 is 10.9 Å². The summed E-state index contributed by atoms with van der Waals surface area (Å²) in [5.74, 6) is -5.69. The van der Waals surface area contributed by atoms with Crippen LogP contribution >= 0.6 is 0 Å². The number of rotatable bonds is 9. The third-order valence-corrected chi connectivity index (χ3v) is 7.28. The van der Waals surface area contributed by atoms with E-state index in [-0.39, 0.29) is 17.4 Å². The van der Waals surface area contributed by atoms with E-state index < -0.39 is 35.3 Å². The lowest BCUT2D eigenvalue weighted by atomic mass is 9.97. The molecule has 0 radical (unpaired) electrons. The fraction of sp³-hybridized carbons (Fsp3) is 0.400. The van der Waals surface area contributed by atoms with Crippen LogP contribution in [0.25, 0.3) is 10.9 Å². The molecule has 0 spiro atoms. The van der Waals surface area contributed by atoms with Crippen molar-refractivity contribution in [1.82, 2.24) is 14.8 Å². The lowest BCUT2D eigenvalue weighted by Crippen LogP contribution is -2.49. The van der Waals surface area contributed by atoms with Gasteiger partial charge in [0.1, 0.15) is 11.3 Å². The van der Waals surface area contributed by atoms with Gasteiger partial charge in [0.25, 0.3) is 11.5 Å². The topological polar surface area (TPSA) is 224 Å². The Bertz CT molecular complexity index is 1420. The molecular formula is C30H37N3O11. The minimum Gasteiger partial charge on any atom is -0.506 e. The van der Waals surface area contributed by atoms with Crippen molar-refractivity contribution in [3.05, 3.63) is 64.5 Å². The Kier molecular flexibility index (Phi) is 13.3. The number of fused-ring (bicyclic) bond motifs is 3. The fourth-order valence-electron chi connectivity index (χ4n) is 5.20. The van der Waals surface area contributed by atoms with Gasteiger partial charge in [-0.1, -0.05) is 25.5 Å². The molecule has 6 N–H and O–H groups in total. The van der Waals surface area contributed by atoms with Gasteiger partial charge >= 0.3 is 23.9 Å². The van der Waals surface area contributed by atoms with Crippen LogP contribution in [-0.4, -0.2) is 90.0 Å². The Balaban J connectivity index is 0.000000349. The van der Waals surface area contributed by atoms with Crippen LogP contribution in [0.15, 0.2) is 53.4 Å². The number of benzene rings is 1. The minimum atomic E-state index is -1.26. The number of pyridine rings is 1. The number of carbonyl (C=O) groups is 5. The van der Waals surface area contributed by atoms with Crippen LogP contribution in [0.3, 0.4) is 0 Å². The van der Waals surface area contributed by atoms with Crippen LogP contribution in [-0.2, 0) is 25.7 Å².